The zero-order valence-electron chi connectivity index (χ0n) is 24.4. The number of alkyl halides is 3. The Hall–Kier alpha value is -3.94. The van der Waals surface area contributed by atoms with E-state index in [9.17, 15) is 26.7 Å². The molecule has 1 aliphatic heterocycles. The van der Waals surface area contributed by atoms with Crippen LogP contribution in [0, 0.1) is 17.5 Å². The minimum atomic E-state index is -4.61. The molecule has 1 heterocycles. The molecule has 1 amide bonds. The van der Waals surface area contributed by atoms with Gasteiger partial charge in [-0.1, -0.05) is 30.3 Å². The van der Waals surface area contributed by atoms with Crippen LogP contribution in [0.4, 0.5) is 36.8 Å². The van der Waals surface area contributed by atoms with Gasteiger partial charge in [0.1, 0.15) is 17.5 Å². The smallest absolute Gasteiger partial charge is 0.422 e. The van der Waals surface area contributed by atoms with Crippen LogP contribution in [0.5, 0.6) is 0 Å². The van der Waals surface area contributed by atoms with E-state index in [1.165, 1.54) is 30.3 Å². The standard InChI is InChI=1S/C32H34F6N4O3/c1-19(30(39)29(20-5-9-22(33)10-6-20)21-7-11-23(34)12-8-21)42-28-4-2-3-27(35)26(28)14-13-25-16-40-24(17-44-25)15-41-31(43)45-18-32(36,37)38/h2-12,24-25,29-30,40H,13-18,39H2,1H3,(H,41,43). The summed E-state index contributed by atoms with van der Waals surface area (Å²) in [4.78, 5) is 16.2. The Kier molecular flexibility index (Phi) is 11.6. The first-order valence-corrected chi connectivity index (χ1v) is 14.3. The van der Waals surface area contributed by atoms with E-state index in [2.05, 4.69) is 15.4 Å². The van der Waals surface area contributed by atoms with Crippen LogP contribution < -0.4 is 16.4 Å². The average molecular weight is 637 g/mol. The Morgan fingerprint density at radius 3 is 2.22 bits per heavy atom. The average Bonchev–Trinajstić information content (AvgIpc) is 3.01. The SMILES string of the molecule is CC(=Nc1cccc(F)c1CCC1CNC(CNC(=O)OCC(F)(F)F)CO1)C(N)C(c1ccc(F)cc1)c1ccc(F)cc1. The zero-order chi connectivity index (χ0) is 32.6. The highest BCUT2D eigenvalue weighted by atomic mass is 19.4. The minimum absolute atomic E-state index is 0.00591. The summed E-state index contributed by atoms with van der Waals surface area (Å²) in [6, 6.07) is 15.3. The molecule has 4 rings (SSSR count). The summed E-state index contributed by atoms with van der Waals surface area (Å²) in [5.74, 6) is -1.75. The lowest BCUT2D eigenvalue weighted by atomic mass is 9.83. The van der Waals surface area contributed by atoms with E-state index in [1.807, 2.05) is 0 Å². The van der Waals surface area contributed by atoms with Crippen LogP contribution in [0.3, 0.4) is 0 Å². The number of carbonyl (C=O) groups is 1. The molecule has 1 fully saturated rings. The lowest BCUT2D eigenvalue weighted by molar-refractivity contribution is -0.160. The number of amides is 1. The molecule has 0 bridgehead atoms. The van der Waals surface area contributed by atoms with Gasteiger partial charge in [-0.05, 0) is 67.3 Å². The lowest BCUT2D eigenvalue weighted by Gasteiger charge is -2.30. The maximum absolute atomic E-state index is 15.0. The van der Waals surface area contributed by atoms with Crippen LogP contribution in [-0.2, 0) is 15.9 Å². The second-order valence-corrected chi connectivity index (χ2v) is 10.8. The molecule has 3 aromatic rings. The molecular formula is C32H34F6N4O3. The summed E-state index contributed by atoms with van der Waals surface area (Å²) in [5.41, 5.74) is 9.35. The summed E-state index contributed by atoms with van der Waals surface area (Å²) in [6.07, 6.45) is -5.36. The largest absolute Gasteiger partial charge is 0.440 e. The third kappa shape index (κ3) is 10.0. The van der Waals surface area contributed by atoms with E-state index in [-0.39, 0.29) is 31.7 Å². The third-order valence-corrected chi connectivity index (χ3v) is 7.43. The molecule has 0 saturated carbocycles. The number of nitrogens with one attached hydrogen (secondary N) is 2. The van der Waals surface area contributed by atoms with Crippen LogP contribution in [-0.4, -0.2) is 62.5 Å². The van der Waals surface area contributed by atoms with Crippen molar-refractivity contribution in [2.24, 2.45) is 10.7 Å². The zero-order valence-corrected chi connectivity index (χ0v) is 24.4. The molecule has 3 unspecified atom stereocenters. The van der Waals surface area contributed by atoms with Gasteiger partial charge in [-0.2, -0.15) is 13.2 Å². The van der Waals surface area contributed by atoms with Gasteiger partial charge in [0.2, 0.25) is 0 Å². The number of rotatable bonds is 11. The number of nitrogens with two attached hydrogens (primary N) is 1. The van der Waals surface area contributed by atoms with Crippen LogP contribution in [0.15, 0.2) is 71.7 Å². The molecule has 0 radical (unpaired) electrons. The first kappa shape index (κ1) is 33.9. The molecular weight excluding hydrogens is 602 g/mol. The molecule has 13 heteroatoms. The molecule has 0 aromatic heterocycles. The Morgan fingerprint density at radius 1 is 1.04 bits per heavy atom. The van der Waals surface area contributed by atoms with Crippen molar-refractivity contribution in [3.8, 4) is 0 Å². The van der Waals surface area contributed by atoms with E-state index >= 15 is 4.39 Å². The Morgan fingerprint density at radius 2 is 1.67 bits per heavy atom. The highest BCUT2D eigenvalue weighted by molar-refractivity contribution is 5.91. The monoisotopic (exact) mass is 636 g/mol. The fourth-order valence-corrected chi connectivity index (χ4v) is 5.05. The number of alkyl carbamates (subject to hydrolysis) is 1. The van der Waals surface area contributed by atoms with Crippen LogP contribution in [0.1, 0.15) is 36.0 Å². The van der Waals surface area contributed by atoms with Gasteiger partial charge in [-0.3, -0.25) is 4.99 Å². The van der Waals surface area contributed by atoms with Crippen molar-refractivity contribution in [3.63, 3.8) is 0 Å². The molecule has 1 aliphatic rings. The van der Waals surface area contributed by atoms with E-state index in [4.69, 9.17) is 15.5 Å². The van der Waals surface area contributed by atoms with Gasteiger partial charge in [-0.15, -0.1) is 0 Å². The predicted molar refractivity (Wildman–Crippen MR) is 157 cm³/mol. The quantitative estimate of drug-likeness (QED) is 0.179. The number of benzene rings is 3. The van der Waals surface area contributed by atoms with E-state index in [0.29, 0.717) is 41.1 Å². The van der Waals surface area contributed by atoms with Crippen LogP contribution in [0.2, 0.25) is 0 Å². The highest BCUT2D eigenvalue weighted by Crippen LogP contribution is 2.31. The number of hydrogen-bond donors (Lipinski definition) is 3. The fourth-order valence-electron chi connectivity index (χ4n) is 5.05. The fraction of sp³-hybridized carbons (Fsp3) is 0.375. The molecule has 7 nitrogen and oxygen atoms in total. The van der Waals surface area contributed by atoms with Crippen LogP contribution >= 0.6 is 0 Å². The van der Waals surface area contributed by atoms with Gasteiger partial charge in [0.05, 0.1) is 24.4 Å². The Labute approximate surface area is 256 Å². The third-order valence-electron chi connectivity index (χ3n) is 7.43. The van der Waals surface area contributed by atoms with Gasteiger partial charge >= 0.3 is 12.3 Å². The molecule has 0 spiro atoms. The topological polar surface area (TPSA) is 98.0 Å². The maximum Gasteiger partial charge on any atom is 0.422 e. The van der Waals surface area contributed by atoms with Crippen molar-refractivity contribution in [1.29, 1.82) is 0 Å². The van der Waals surface area contributed by atoms with E-state index in [1.54, 1.807) is 43.3 Å². The summed E-state index contributed by atoms with van der Waals surface area (Å²) in [5, 5.41) is 5.42. The van der Waals surface area contributed by atoms with Gasteiger partial charge in [-0.25, -0.2) is 18.0 Å². The van der Waals surface area contributed by atoms with Crippen molar-refractivity contribution in [3.05, 3.63) is 101 Å². The van der Waals surface area contributed by atoms with Crippen molar-refractivity contribution in [1.82, 2.24) is 10.6 Å². The van der Waals surface area contributed by atoms with Gasteiger partial charge < -0.3 is 25.8 Å². The molecule has 0 aliphatic carbocycles. The number of carbonyl (C=O) groups excluding carboxylic acids is 1. The lowest BCUT2D eigenvalue weighted by Crippen LogP contribution is -2.51. The first-order chi connectivity index (χ1) is 21.4. The van der Waals surface area contributed by atoms with Gasteiger partial charge in [0, 0.05) is 36.3 Å². The van der Waals surface area contributed by atoms with Crippen molar-refractivity contribution in [2.45, 2.75) is 50.0 Å². The maximum atomic E-state index is 15.0. The molecule has 45 heavy (non-hydrogen) atoms. The number of morpholine rings is 1. The number of hydrogen-bond acceptors (Lipinski definition) is 6. The molecule has 3 aromatic carbocycles. The van der Waals surface area contributed by atoms with E-state index < -0.39 is 48.3 Å². The van der Waals surface area contributed by atoms with E-state index in [0.717, 1.165) is 0 Å². The van der Waals surface area contributed by atoms with Crippen molar-refractivity contribution >= 4 is 17.5 Å². The van der Waals surface area contributed by atoms with Gasteiger partial charge in [0.15, 0.2) is 6.61 Å². The number of aliphatic imine (C=N–C) groups is 1. The second kappa shape index (κ2) is 15.4. The summed E-state index contributed by atoms with van der Waals surface area (Å²) < 4.78 is 88.9. The Balaban J connectivity index is 1.40. The normalized spacial score (nSPS) is 18.1. The molecule has 242 valence electrons. The minimum Gasteiger partial charge on any atom is -0.440 e. The number of nitrogens with zero attached hydrogens (tertiary/aromatic N) is 1. The summed E-state index contributed by atoms with van der Waals surface area (Å²) in [6.45, 7) is 0.602. The molecule has 1 saturated heterocycles. The predicted octanol–water partition coefficient (Wildman–Crippen LogP) is 5.93. The first-order valence-electron chi connectivity index (χ1n) is 14.3. The van der Waals surface area contributed by atoms with Crippen LogP contribution in [0.25, 0.3) is 0 Å². The highest BCUT2D eigenvalue weighted by Gasteiger charge is 2.30. The number of halogens is 6. The number of ether oxygens (including phenoxy) is 2. The second-order valence-electron chi connectivity index (χ2n) is 10.8. The Bertz CT molecular complexity index is 1400. The summed E-state index contributed by atoms with van der Waals surface area (Å²) >= 11 is 0. The summed E-state index contributed by atoms with van der Waals surface area (Å²) in [7, 11) is 0. The van der Waals surface area contributed by atoms with Crippen molar-refractivity contribution in [2.75, 3.05) is 26.3 Å². The molecule has 3 atom stereocenters. The van der Waals surface area contributed by atoms with Gasteiger partial charge in [0.25, 0.3) is 0 Å². The van der Waals surface area contributed by atoms with Crippen molar-refractivity contribution < 1.29 is 40.6 Å². The molecule has 4 N–H and O–H groups in total.